The van der Waals surface area contributed by atoms with E-state index in [1.807, 2.05) is 30.3 Å². The molecule has 0 radical (unpaired) electrons. The minimum Gasteiger partial charge on any atom is -0.507 e. The van der Waals surface area contributed by atoms with Crippen LogP contribution in [0.15, 0.2) is 70.2 Å². The van der Waals surface area contributed by atoms with Gasteiger partial charge in [0, 0.05) is 5.56 Å². The average Bonchev–Trinajstić information content (AvgIpc) is 3.18. The molecule has 0 atom stereocenters. The zero-order valence-corrected chi connectivity index (χ0v) is 14.6. The third-order valence-corrected chi connectivity index (χ3v) is 3.61. The maximum atomic E-state index is 12.1. The molecule has 0 unspecified atom stereocenters. The van der Waals surface area contributed by atoms with Gasteiger partial charge in [0.1, 0.15) is 29.6 Å². The first-order valence-electron chi connectivity index (χ1n) is 8.12. The fourth-order valence-electron chi connectivity index (χ4n) is 2.23. The summed E-state index contributed by atoms with van der Waals surface area (Å²) in [5.41, 5.74) is 2.75. The van der Waals surface area contributed by atoms with Gasteiger partial charge in [0.05, 0.1) is 13.3 Å². The average molecular weight is 366 g/mol. The molecule has 1 amide bonds. The van der Waals surface area contributed by atoms with E-state index in [0.29, 0.717) is 22.8 Å². The molecule has 138 valence electrons. The van der Waals surface area contributed by atoms with Gasteiger partial charge in [-0.15, -0.1) is 0 Å². The summed E-state index contributed by atoms with van der Waals surface area (Å²) in [5, 5.41) is 13.6. The Bertz CT molecular complexity index is 935. The van der Waals surface area contributed by atoms with Gasteiger partial charge in [-0.2, -0.15) is 5.10 Å². The van der Waals surface area contributed by atoms with E-state index in [0.717, 1.165) is 0 Å². The van der Waals surface area contributed by atoms with E-state index < -0.39 is 5.91 Å². The Morgan fingerprint density at radius 1 is 1.15 bits per heavy atom. The SMILES string of the molecule is COc1ccc(O)c(/C=N/NC(=O)c2ccc(COc3ccccc3)o2)c1. The van der Waals surface area contributed by atoms with Crippen LogP contribution in [0.3, 0.4) is 0 Å². The number of carbonyl (C=O) groups is 1. The maximum Gasteiger partial charge on any atom is 0.307 e. The van der Waals surface area contributed by atoms with Crippen LogP contribution < -0.4 is 14.9 Å². The molecule has 3 aromatic rings. The highest BCUT2D eigenvalue weighted by Crippen LogP contribution is 2.21. The van der Waals surface area contributed by atoms with Crippen LogP contribution in [0.1, 0.15) is 21.9 Å². The summed E-state index contributed by atoms with van der Waals surface area (Å²) in [6, 6.07) is 17.2. The summed E-state index contributed by atoms with van der Waals surface area (Å²) in [6.45, 7) is 0.207. The number of furan rings is 1. The zero-order valence-electron chi connectivity index (χ0n) is 14.6. The fraction of sp³-hybridized carbons (Fsp3) is 0.100. The first-order chi connectivity index (χ1) is 13.2. The maximum absolute atomic E-state index is 12.1. The van der Waals surface area contributed by atoms with Crippen molar-refractivity contribution in [1.29, 1.82) is 0 Å². The lowest BCUT2D eigenvalue weighted by atomic mass is 10.2. The molecule has 0 spiro atoms. The second kappa shape index (κ2) is 8.57. The third kappa shape index (κ3) is 4.88. The number of benzene rings is 2. The number of carbonyl (C=O) groups excluding carboxylic acids is 1. The molecule has 7 nitrogen and oxygen atoms in total. The number of para-hydroxylation sites is 1. The molecule has 0 fully saturated rings. The number of ether oxygens (including phenoxy) is 2. The van der Waals surface area contributed by atoms with E-state index in [9.17, 15) is 9.90 Å². The molecular formula is C20H18N2O5. The highest BCUT2D eigenvalue weighted by Gasteiger charge is 2.11. The Kier molecular flexibility index (Phi) is 5.73. The third-order valence-electron chi connectivity index (χ3n) is 3.61. The Morgan fingerprint density at radius 2 is 1.96 bits per heavy atom. The van der Waals surface area contributed by atoms with Gasteiger partial charge in [-0.25, -0.2) is 5.43 Å². The molecule has 1 aromatic heterocycles. The van der Waals surface area contributed by atoms with Crippen molar-refractivity contribution in [3.63, 3.8) is 0 Å². The molecular weight excluding hydrogens is 348 g/mol. The molecule has 2 aromatic carbocycles. The van der Waals surface area contributed by atoms with E-state index in [1.54, 1.807) is 18.2 Å². The number of amides is 1. The van der Waals surface area contributed by atoms with Gasteiger partial charge >= 0.3 is 5.91 Å². The molecule has 0 aliphatic carbocycles. The summed E-state index contributed by atoms with van der Waals surface area (Å²) in [6.07, 6.45) is 1.32. The van der Waals surface area contributed by atoms with Crippen molar-refractivity contribution in [1.82, 2.24) is 5.43 Å². The predicted octanol–water partition coefficient (Wildman–Crippen LogP) is 3.34. The van der Waals surface area contributed by atoms with Crippen LogP contribution in [0.5, 0.6) is 17.2 Å². The van der Waals surface area contributed by atoms with Crippen LogP contribution in [0.25, 0.3) is 0 Å². The number of nitrogens with one attached hydrogen (secondary N) is 1. The summed E-state index contributed by atoms with van der Waals surface area (Å²) < 4.78 is 16.1. The molecule has 27 heavy (non-hydrogen) atoms. The highest BCUT2D eigenvalue weighted by molar-refractivity contribution is 5.92. The second-order valence-electron chi connectivity index (χ2n) is 5.49. The van der Waals surface area contributed by atoms with Gasteiger partial charge in [0.15, 0.2) is 5.76 Å². The first-order valence-corrected chi connectivity index (χ1v) is 8.12. The molecule has 7 heteroatoms. The fourth-order valence-corrected chi connectivity index (χ4v) is 2.23. The normalized spacial score (nSPS) is 10.7. The van der Waals surface area contributed by atoms with E-state index in [-0.39, 0.29) is 18.1 Å². The van der Waals surface area contributed by atoms with Gasteiger partial charge in [0.2, 0.25) is 0 Å². The van der Waals surface area contributed by atoms with E-state index in [4.69, 9.17) is 13.9 Å². The zero-order chi connectivity index (χ0) is 19.1. The first kappa shape index (κ1) is 18.1. The summed E-state index contributed by atoms with van der Waals surface area (Å²) >= 11 is 0. The minimum atomic E-state index is -0.514. The Balaban J connectivity index is 1.56. The van der Waals surface area contributed by atoms with Crippen molar-refractivity contribution >= 4 is 12.1 Å². The number of hydrogen-bond donors (Lipinski definition) is 2. The predicted molar refractivity (Wildman–Crippen MR) is 99.2 cm³/mol. The van der Waals surface area contributed by atoms with Gasteiger partial charge < -0.3 is 19.0 Å². The number of methoxy groups -OCH3 is 1. The molecule has 0 saturated carbocycles. The number of rotatable bonds is 7. The minimum absolute atomic E-state index is 0.0205. The number of hydrogen-bond acceptors (Lipinski definition) is 6. The summed E-state index contributed by atoms with van der Waals surface area (Å²) in [5.74, 6) is 1.40. The van der Waals surface area contributed by atoms with E-state index in [2.05, 4.69) is 10.5 Å². The number of aromatic hydroxyl groups is 1. The molecule has 0 aliphatic rings. The Morgan fingerprint density at radius 3 is 2.74 bits per heavy atom. The molecule has 3 rings (SSSR count). The van der Waals surface area contributed by atoms with Crippen LogP contribution in [0.2, 0.25) is 0 Å². The quantitative estimate of drug-likeness (QED) is 0.494. The van der Waals surface area contributed by atoms with Crippen LogP contribution in [-0.2, 0) is 6.61 Å². The van der Waals surface area contributed by atoms with Crippen molar-refractivity contribution < 1.29 is 23.8 Å². The summed E-state index contributed by atoms with van der Waals surface area (Å²) in [4.78, 5) is 12.1. The number of hydrazone groups is 1. The van der Waals surface area contributed by atoms with Crippen molar-refractivity contribution in [3.05, 3.63) is 77.7 Å². The molecule has 0 bridgehead atoms. The Hall–Kier alpha value is -3.74. The standard InChI is InChI=1S/C20H18N2O5/c1-25-16-7-9-18(23)14(11-16)12-21-22-20(24)19-10-8-17(27-19)13-26-15-5-3-2-4-6-15/h2-12,23H,13H2,1H3,(H,22,24)/b21-12+. The topological polar surface area (TPSA) is 93.3 Å². The van der Waals surface area contributed by atoms with Gasteiger partial charge in [-0.05, 0) is 42.5 Å². The van der Waals surface area contributed by atoms with Crippen LogP contribution in [-0.4, -0.2) is 24.3 Å². The smallest absolute Gasteiger partial charge is 0.307 e. The van der Waals surface area contributed by atoms with Gasteiger partial charge in [0.25, 0.3) is 0 Å². The van der Waals surface area contributed by atoms with Crippen LogP contribution >= 0.6 is 0 Å². The lowest BCUT2D eigenvalue weighted by Crippen LogP contribution is -2.16. The number of phenolic OH excluding ortho intramolecular Hbond substituents is 1. The lowest BCUT2D eigenvalue weighted by molar-refractivity contribution is 0.0923. The van der Waals surface area contributed by atoms with Crippen LogP contribution in [0.4, 0.5) is 0 Å². The van der Waals surface area contributed by atoms with Crippen molar-refractivity contribution in [2.24, 2.45) is 5.10 Å². The van der Waals surface area contributed by atoms with E-state index in [1.165, 1.54) is 25.5 Å². The number of phenols is 1. The van der Waals surface area contributed by atoms with E-state index >= 15 is 0 Å². The van der Waals surface area contributed by atoms with Crippen molar-refractivity contribution in [3.8, 4) is 17.2 Å². The largest absolute Gasteiger partial charge is 0.507 e. The van der Waals surface area contributed by atoms with Crippen molar-refractivity contribution in [2.45, 2.75) is 6.61 Å². The van der Waals surface area contributed by atoms with Gasteiger partial charge in [-0.3, -0.25) is 4.79 Å². The monoisotopic (exact) mass is 366 g/mol. The molecule has 2 N–H and O–H groups in total. The molecule has 1 heterocycles. The number of nitrogens with zero attached hydrogens (tertiary/aromatic N) is 1. The van der Waals surface area contributed by atoms with Gasteiger partial charge in [-0.1, -0.05) is 18.2 Å². The van der Waals surface area contributed by atoms with Crippen molar-refractivity contribution in [2.75, 3.05) is 7.11 Å². The summed E-state index contributed by atoms with van der Waals surface area (Å²) in [7, 11) is 1.52. The molecule has 0 aliphatic heterocycles. The molecule has 0 saturated heterocycles. The Labute approximate surface area is 155 Å². The lowest BCUT2D eigenvalue weighted by Gasteiger charge is -2.03. The highest BCUT2D eigenvalue weighted by atomic mass is 16.5. The van der Waals surface area contributed by atoms with Crippen LogP contribution in [0, 0.1) is 0 Å². The second-order valence-corrected chi connectivity index (χ2v) is 5.49.